The molecule has 3 rings (SSSR count). The van der Waals surface area contributed by atoms with Gasteiger partial charge in [-0.25, -0.2) is 0 Å². The van der Waals surface area contributed by atoms with Gasteiger partial charge in [0.2, 0.25) is 5.91 Å². The molecule has 0 unspecified atom stereocenters. The van der Waals surface area contributed by atoms with Crippen LogP contribution >= 0.6 is 0 Å². The van der Waals surface area contributed by atoms with Gasteiger partial charge in [-0.2, -0.15) is 0 Å². The maximum absolute atomic E-state index is 12.4. The molecule has 2 amide bonds. The Labute approximate surface area is 159 Å². The Kier molecular flexibility index (Phi) is 5.28. The van der Waals surface area contributed by atoms with Crippen LogP contribution in [0.4, 0.5) is 0 Å². The molecule has 2 heterocycles. The number of nitrogens with one attached hydrogen (secondary N) is 1. The van der Waals surface area contributed by atoms with Crippen molar-refractivity contribution in [2.45, 2.75) is 32.9 Å². The Hall–Kier alpha value is -2.73. The third kappa shape index (κ3) is 4.34. The summed E-state index contributed by atoms with van der Waals surface area (Å²) in [6, 6.07) is 12.9. The summed E-state index contributed by atoms with van der Waals surface area (Å²) in [4.78, 5) is 30.6. The van der Waals surface area contributed by atoms with E-state index in [2.05, 4.69) is 10.3 Å². The highest BCUT2D eigenvalue weighted by Gasteiger charge is 2.38. The summed E-state index contributed by atoms with van der Waals surface area (Å²) in [5.74, 6) is -0.301. The van der Waals surface area contributed by atoms with E-state index in [1.165, 1.54) is 0 Å². The first kappa shape index (κ1) is 19.0. The van der Waals surface area contributed by atoms with Gasteiger partial charge < -0.3 is 16.0 Å². The SMILES string of the molecule is CC(C)(C)[C@H](N)C(=O)N1CC(NC(=O)c2ccc(-c3ccccc3)cn2)C1. The van der Waals surface area contributed by atoms with Crippen LogP contribution in [0, 0.1) is 5.41 Å². The molecule has 2 aromatic rings. The van der Waals surface area contributed by atoms with Crippen molar-refractivity contribution in [2.75, 3.05) is 13.1 Å². The van der Waals surface area contributed by atoms with Gasteiger partial charge in [0.05, 0.1) is 12.1 Å². The molecule has 1 atom stereocenters. The van der Waals surface area contributed by atoms with Gasteiger partial charge in [0.1, 0.15) is 5.69 Å². The standard InChI is InChI=1S/C21H26N4O2/c1-21(2,3)18(22)20(27)25-12-16(13-25)24-19(26)17-10-9-15(11-23-17)14-7-5-4-6-8-14/h4-11,16,18H,12-13,22H2,1-3H3,(H,24,26)/t18-/m1/s1. The lowest BCUT2D eigenvalue weighted by molar-refractivity contribution is -0.139. The Morgan fingerprint density at radius 2 is 1.78 bits per heavy atom. The molecule has 6 heteroatoms. The molecular formula is C21H26N4O2. The predicted molar refractivity (Wildman–Crippen MR) is 105 cm³/mol. The highest BCUT2D eigenvalue weighted by Crippen LogP contribution is 2.22. The molecule has 0 saturated carbocycles. The molecule has 142 valence electrons. The number of hydrogen-bond acceptors (Lipinski definition) is 4. The number of aromatic nitrogens is 1. The summed E-state index contributed by atoms with van der Waals surface area (Å²) >= 11 is 0. The third-order valence-electron chi connectivity index (χ3n) is 4.83. The van der Waals surface area contributed by atoms with E-state index in [4.69, 9.17) is 5.73 Å². The highest BCUT2D eigenvalue weighted by atomic mass is 16.2. The monoisotopic (exact) mass is 366 g/mol. The van der Waals surface area contributed by atoms with Crippen molar-refractivity contribution < 1.29 is 9.59 Å². The van der Waals surface area contributed by atoms with E-state index < -0.39 is 6.04 Å². The van der Waals surface area contributed by atoms with Crippen molar-refractivity contribution in [3.8, 4) is 11.1 Å². The molecule has 27 heavy (non-hydrogen) atoms. The van der Waals surface area contributed by atoms with Crippen LogP contribution < -0.4 is 11.1 Å². The fourth-order valence-electron chi connectivity index (χ4n) is 2.91. The first-order valence-corrected chi connectivity index (χ1v) is 9.12. The van der Waals surface area contributed by atoms with E-state index in [1.54, 1.807) is 17.2 Å². The molecule has 1 fully saturated rings. The lowest BCUT2D eigenvalue weighted by atomic mass is 9.86. The smallest absolute Gasteiger partial charge is 0.270 e. The van der Waals surface area contributed by atoms with E-state index in [0.29, 0.717) is 18.8 Å². The van der Waals surface area contributed by atoms with Crippen molar-refractivity contribution in [3.63, 3.8) is 0 Å². The number of amides is 2. The fraction of sp³-hybridized carbons (Fsp3) is 0.381. The van der Waals surface area contributed by atoms with Crippen LogP contribution in [-0.2, 0) is 4.79 Å². The summed E-state index contributed by atoms with van der Waals surface area (Å²) in [5, 5.41) is 2.92. The molecule has 1 aliphatic heterocycles. The van der Waals surface area contributed by atoms with E-state index in [0.717, 1.165) is 11.1 Å². The predicted octanol–water partition coefficient (Wildman–Crippen LogP) is 2.06. The summed E-state index contributed by atoms with van der Waals surface area (Å²) in [6.07, 6.45) is 1.70. The number of hydrogen-bond donors (Lipinski definition) is 2. The minimum atomic E-state index is -0.540. The summed E-state index contributed by atoms with van der Waals surface area (Å²) < 4.78 is 0. The van der Waals surface area contributed by atoms with Gasteiger partial charge in [-0.15, -0.1) is 0 Å². The van der Waals surface area contributed by atoms with Crippen LogP contribution in [0.5, 0.6) is 0 Å². The number of nitrogens with zero attached hydrogens (tertiary/aromatic N) is 2. The second kappa shape index (κ2) is 7.48. The molecule has 0 radical (unpaired) electrons. The van der Waals surface area contributed by atoms with Crippen LogP contribution in [0.2, 0.25) is 0 Å². The number of benzene rings is 1. The molecule has 6 nitrogen and oxygen atoms in total. The van der Waals surface area contributed by atoms with Gasteiger partial charge in [-0.05, 0) is 17.0 Å². The lowest BCUT2D eigenvalue weighted by Crippen LogP contribution is -2.65. The molecule has 0 aliphatic carbocycles. The molecule has 1 aromatic carbocycles. The van der Waals surface area contributed by atoms with Crippen LogP contribution in [0.3, 0.4) is 0 Å². The first-order chi connectivity index (χ1) is 12.8. The van der Waals surface area contributed by atoms with Gasteiger partial charge in [0.25, 0.3) is 5.91 Å². The third-order valence-corrected chi connectivity index (χ3v) is 4.83. The van der Waals surface area contributed by atoms with Gasteiger partial charge in [-0.1, -0.05) is 57.2 Å². The second-order valence-electron chi connectivity index (χ2n) is 8.06. The summed E-state index contributed by atoms with van der Waals surface area (Å²) in [6.45, 7) is 6.80. The van der Waals surface area contributed by atoms with Crippen LogP contribution in [0.1, 0.15) is 31.3 Å². The molecule has 1 aromatic heterocycles. The molecular weight excluding hydrogens is 340 g/mol. The molecule has 1 saturated heterocycles. The summed E-state index contributed by atoms with van der Waals surface area (Å²) in [7, 11) is 0. The van der Waals surface area contributed by atoms with E-state index >= 15 is 0 Å². The number of likely N-dealkylation sites (tertiary alicyclic amines) is 1. The molecule has 3 N–H and O–H groups in total. The number of carbonyl (C=O) groups is 2. The number of nitrogens with two attached hydrogens (primary N) is 1. The van der Waals surface area contributed by atoms with Crippen LogP contribution in [-0.4, -0.2) is 46.9 Å². The molecule has 1 aliphatic rings. The number of rotatable bonds is 4. The van der Waals surface area contributed by atoms with Crippen LogP contribution in [0.15, 0.2) is 48.7 Å². The number of pyridine rings is 1. The topological polar surface area (TPSA) is 88.3 Å². The van der Waals surface area contributed by atoms with Gasteiger partial charge >= 0.3 is 0 Å². The quantitative estimate of drug-likeness (QED) is 0.867. The molecule has 0 spiro atoms. The maximum Gasteiger partial charge on any atom is 0.270 e. The average Bonchev–Trinajstić information content (AvgIpc) is 2.63. The summed E-state index contributed by atoms with van der Waals surface area (Å²) in [5.41, 5.74) is 8.12. The Morgan fingerprint density at radius 1 is 1.11 bits per heavy atom. The van der Waals surface area contributed by atoms with Gasteiger partial charge in [0, 0.05) is 24.8 Å². The van der Waals surface area contributed by atoms with E-state index in [-0.39, 0.29) is 23.3 Å². The van der Waals surface area contributed by atoms with Crippen molar-refractivity contribution >= 4 is 11.8 Å². The average molecular weight is 366 g/mol. The normalized spacial score (nSPS) is 15.8. The van der Waals surface area contributed by atoms with Gasteiger partial charge in [0.15, 0.2) is 0 Å². The zero-order chi connectivity index (χ0) is 19.6. The Bertz CT molecular complexity index is 806. The Morgan fingerprint density at radius 3 is 2.33 bits per heavy atom. The van der Waals surface area contributed by atoms with Crippen molar-refractivity contribution in [1.29, 1.82) is 0 Å². The number of carbonyl (C=O) groups excluding carboxylic acids is 2. The van der Waals surface area contributed by atoms with E-state index in [9.17, 15) is 9.59 Å². The van der Waals surface area contributed by atoms with Gasteiger partial charge in [-0.3, -0.25) is 14.6 Å². The lowest BCUT2D eigenvalue weighted by Gasteiger charge is -2.42. The first-order valence-electron chi connectivity index (χ1n) is 9.12. The Balaban J connectivity index is 1.53. The minimum absolute atomic E-state index is 0.0655. The van der Waals surface area contributed by atoms with Crippen molar-refractivity contribution in [2.24, 2.45) is 11.1 Å². The highest BCUT2D eigenvalue weighted by molar-refractivity contribution is 5.93. The van der Waals surface area contributed by atoms with Crippen LogP contribution in [0.25, 0.3) is 11.1 Å². The van der Waals surface area contributed by atoms with E-state index in [1.807, 2.05) is 57.2 Å². The molecule has 0 bridgehead atoms. The van der Waals surface area contributed by atoms with Crippen molar-refractivity contribution in [1.82, 2.24) is 15.2 Å². The zero-order valence-electron chi connectivity index (χ0n) is 16.0. The minimum Gasteiger partial charge on any atom is -0.344 e. The second-order valence-corrected chi connectivity index (χ2v) is 8.06. The van der Waals surface area contributed by atoms with Crippen molar-refractivity contribution in [3.05, 3.63) is 54.4 Å². The zero-order valence-corrected chi connectivity index (χ0v) is 16.0. The fourth-order valence-corrected chi connectivity index (χ4v) is 2.91. The maximum atomic E-state index is 12.4. The largest absolute Gasteiger partial charge is 0.344 e.